The van der Waals surface area contributed by atoms with Crippen LogP contribution in [0.2, 0.25) is 0 Å². The molecule has 3 fully saturated rings. The summed E-state index contributed by atoms with van der Waals surface area (Å²) in [6.45, 7) is 1.33. The molecule has 1 aliphatic carbocycles. The van der Waals surface area contributed by atoms with Gasteiger partial charge < -0.3 is 72.7 Å². The highest BCUT2D eigenvalue weighted by Crippen LogP contribution is 2.62. The van der Waals surface area contributed by atoms with E-state index in [0.29, 0.717) is 0 Å². The van der Waals surface area contributed by atoms with Gasteiger partial charge in [0.2, 0.25) is 12.5 Å². The SMILES string of the molecule is COc1cc(C2(O)c3cc4c(cc3C(OC3OC5COC(C)OC5C(O)C3O)C3C2C(=O)OC3(O)O)OCO4)cc(OC)c1OP(=O)(O)O. The third-order valence-electron chi connectivity index (χ3n) is 9.21. The lowest BCUT2D eigenvalue weighted by Crippen LogP contribution is -2.63. The second-order valence-corrected chi connectivity index (χ2v) is 13.2. The summed E-state index contributed by atoms with van der Waals surface area (Å²) in [6, 6.07) is 4.91. The van der Waals surface area contributed by atoms with E-state index in [0.717, 1.165) is 26.4 Å². The molecule has 0 saturated carbocycles. The number of fused-ring (bicyclic) bond motifs is 4. The quantitative estimate of drug-likeness (QED) is 0.101. The number of hydrogen-bond donors (Lipinski definition) is 7. The maximum absolute atomic E-state index is 13.6. The van der Waals surface area contributed by atoms with Gasteiger partial charge in [0, 0.05) is 0 Å². The highest BCUT2D eigenvalue weighted by Gasteiger charge is 2.70. The number of cyclic esters (lactones) is 1. The van der Waals surface area contributed by atoms with Gasteiger partial charge in [-0.25, -0.2) is 4.57 Å². The number of methoxy groups -OCH3 is 2. The van der Waals surface area contributed by atoms with Crippen LogP contribution in [0.5, 0.6) is 28.7 Å². The minimum atomic E-state index is -5.16. The number of hydrogen-bond acceptors (Lipinski definition) is 17. The van der Waals surface area contributed by atoms with E-state index >= 15 is 0 Å². The molecule has 4 aliphatic heterocycles. The van der Waals surface area contributed by atoms with E-state index < -0.39 is 86.1 Å². The second kappa shape index (κ2) is 11.9. The summed E-state index contributed by atoms with van der Waals surface area (Å²) in [4.78, 5) is 32.6. The Morgan fingerprint density at radius 1 is 0.939 bits per heavy atom. The molecule has 49 heavy (non-hydrogen) atoms. The first-order chi connectivity index (χ1) is 23.1. The van der Waals surface area contributed by atoms with Gasteiger partial charge in [-0.3, -0.25) is 14.6 Å². The summed E-state index contributed by atoms with van der Waals surface area (Å²) in [5.41, 5.74) is -2.89. The van der Waals surface area contributed by atoms with E-state index in [2.05, 4.69) is 0 Å². The number of carbonyl (C=O) groups is 1. The molecule has 0 spiro atoms. The summed E-state index contributed by atoms with van der Waals surface area (Å²) in [6.07, 6.45) is -9.17. The van der Waals surface area contributed by atoms with Crippen molar-refractivity contribution < 1.29 is 91.8 Å². The first-order valence-electron chi connectivity index (χ1n) is 14.9. The fraction of sp³-hybridized carbons (Fsp3) is 0.552. The second-order valence-electron chi connectivity index (χ2n) is 12.0. The number of esters is 1. The third-order valence-corrected chi connectivity index (χ3v) is 9.63. The van der Waals surface area contributed by atoms with Crippen LogP contribution in [0.1, 0.15) is 29.7 Å². The standard InChI is InChI=1S/C29H33O19P/c1-10-41-8-18-25(44-10)21(30)22(31)27(45-18)46-23-12-6-14-15(43-9-42-14)7-13(12)28(33,20-19(23)29(34,35)47-26(20)32)11-4-16(39-2)24(17(5-11)40-3)48-49(36,37)38/h4-7,10,18-23,25,27,30-31,33-35H,8-9H2,1-3H3,(H2,36,37,38). The number of phosphoric ester groups is 1. The monoisotopic (exact) mass is 716 g/mol. The topological polar surface area (TPSA) is 268 Å². The Bertz CT molecular complexity index is 1670. The van der Waals surface area contributed by atoms with Crippen LogP contribution in [0.3, 0.4) is 0 Å². The van der Waals surface area contributed by atoms with Crippen LogP contribution in [0, 0.1) is 11.8 Å². The Balaban J connectivity index is 1.40. The summed E-state index contributed by atoms with van der Waals surface area (Å²) in [5, 5.41) is 57.2. The van der Waals surface area contributed by atoms with Crippen LogP contribution in [-0.4, -0.2) is 112 Å². The van der Waals surface area contributed by atoms with Crippen molar-refractivity contribution in [3.8, 4) is 28.7 Å². The first-order valence-corrected chi connectivity index (χ1v) is 16.4. The lowest BCUT2D eigenvalue weighted by Gasteiger charge is -2.49. The normalized spacial score (nSPS) is 35.9. The molecule has 10 unspecified atom stereocenters. The molecule has 5 aliphatic rings. The van der Waals surface area contributed by atoms with Crippen molar-refractivity contribution >= 4 is 13.8 Å². The molecule has 4 heterocycles. The summed E-state index contributed by atoms with van der Waals surface area (Å²) in [7, 11) is -2.88. The average molecular weight is 717 g/mol. The Labute approximate surface area is 276 Å². The number of carbonyl (C=O) groups excluding carboxylic acids is 1. The van der Waals surface area contributed by atoms with Gasteiger partial charge >= 0.3 is 19.8 Å². The summed E-state index contributed by atoms with van der Waals surface area (Å²) < 4.78 is 66.5. The highest BCUT2D eigenvalue weighted by atomic mass is 31.2. The van der Waals surface area contributed by atoms with Crippen LogP contribution in [-0.2, 0) is 38.6 Å². The van der Waals surface area contributed by atoms with Crippen LogP contribution in [0.4, 0.5) is 0 Å². The fourth-order valence-corrected chi connectivity index (χ4v) is 7.51. The molecule has 0 amide bonds. The van der Waals surface area contributed by atoms with E-state index in [1.807, 2.05) is 0 Å². The predicted molar refractivity (Wildman–Crippen MR) is 153 cm³/mol. The van der Waals surface area contributed by atoms with Gasteiger partial charge in [-0.2, -0.15) is 0 Å². The smallest absolute Gasteiger partial charge is 0.493 e. The van der Waals surface area contributed by atoms with Crippen molar-refractivity contribution in [3.63, 3.8) is 0 Å². The molecule has 7 rings (SSSR count). The van der Waals surface area contributed by atoms with Crippen molar-refractivity contribution in [1.82, 2.24) is 0 Å². The van der Waals surface area contributed by atoms with Crippen LogP contribution in [0.25, 0.3) is 0 Å². The zero-order valence-corrected chi connectivity index (χ0v) is 26.8. The minimum absolute atomic E-state index is 0.00978. The number of phosphoric acid groups is 1. The van der Waals surface area contributed by atoms with Gasteiger partial charge in [0.05, 0.1) is 26.9 Å². The molecule has 2 aromatic rings. The lowest BCUT2D eigenvalue weighted by molar-refractivity contribution is -0.382. The maximum atomic E-state index is 13.6. The Kier molecular flexibility index (Phi) is 8.30. The lowest BCUT2D eigenvalue weighted by atomic mass is 9.62. The predicted octanol–water partition coefficient (Wildman–Crippen LogP) is -1.15. The van der Waals surface area contributed by atoms with Gasteiger partial charge in [-0.1, -0.05) is 0 Å². The Morgan fingerprint density at radius 2 is 1.59 bits per heavy atom. The molecule has 19 nitrogen and oxygen atoms in total. The minimum Gasteiger partial charge on any atom is -0.493 e. The summed E-state index contributed by atoms with van der Waals surface area (Å²) in [5.74, 6) is -9.31. The Hall–Kier alpha value is -3.30. The number of aliphatic hydroxyl groups is 5. The van der Waals surface area contributed by atoms with E-state index in [-0.39, 0.29) is 53.1 Å². The number of rotatable bonds is 7. The highest BCUT2D eigenvalue weighted by molar-refractivity contribution is 7.46. The van der Waals surface area contributed by atoms with E-state index in [1.165, 1.54) is 12.1 Å². The molecule has 0 bridgehead atoms. The largest absolute Gasteiger partial charge is 0.525 e. The molecule has 0 radical (unpaired) electrons. The Morgan fingerprint density at radius 3 is 2.22 bits per heavy atom. The number of aliphatic hydroxyl groups excluding tert-OH is 2. The third kappa shape index (κ3) is 5.50. The van der Waals surface area contributed by atoms with Gasteiger partial charge in [-0.15, -0.1) is 0 Å². The van der Waals surface area contributed by atoms with Crippen LogP contribution >= 0.6 is 7.82 Å². The molecule has 268 valence electrons. The van der Waals surface area contributed by atoms with Crippen molar-refractivity contribution in [1.29, 1.82) is 0 Å². The van der Waals surface area contributed by atoms with Crippen LogP contribution < -0.4 is 23.5 Å². The number of benzene rings is 2. The molecule has 7 N–H and O–H groups in total. The van der Waals surface area contributed by atoms with Gasteiger partial charge in [0.15, 0.2) is 35.6 Å². The van der Waals surface area contributed by atoms with Gasteiger partial charge in [0.25, 0.3) is 0 Å². The van der Waals surface area contributed by atoms with E-state index in [4.69, 9.17) is 47.2 Å². The number of ether oxygens (including phenoxy) is 9. The fourth-order valence-electron chi connectivity index (χ4n) is 7.09. The van der Waals surface area contributed by atoms with E-state index in [9.17, 15) is 44.7 Å². The molecule has 3 saturated heterocycles. The molecular weight excluding hydrogens is 683 g/mol. The van der Waals surface area contributed by atoms with Gasteiger partial charge in [-0.05, 0) is 47.9 Å². The van der Waals surface area contributed by atoms with Crippen molar-refractivity contribution in [2.75, 3.05) is 27.6 Å². The van der Waals surface area contributed by atoms with E-state index in [1.54, 1.807) is 6.92 Å². The molecule has 20 heteroatoms. The average Bonchev–Trinajstić information content (AvgIpc) is 3.60. The van der Waals surface area contributed by atoms with Gasteiger partial charge in [0.1, 0.15) is 41.9 Å². The molecule has 0 aromatic heterocycles. The van der Waals surface area contributed by atoms with Crippen LogP contribution in [0.15, 0.2) is 24.3 Å². The van der Waals surface area contributed by atoms with Crippen molar-refractivity contribution in [3.05, 3.63) is 41.0 Å². The molecular formula is C29H33O19P. The molecule has 10 atom stereocenters. The maximum Gasteiger partial charge on any atom is 0.525 e. The van der Waals surface area contributed by atoms with Crippen molar-refractivity contribution in [2.24, 2.45) is 11.8 Å². The van der Waals surface area contributed by atoms with Crippen molar-refractivity contribution in [2.45, 2.75) is 61.6 Å². The first kappa shape index (κ1) is 34.2. The summed E-state index contributed by atoms with van der Waals surface area (Å²) >= 11 is 0. The zero-order valence-electron chi connectivity index (χ0n) is 25.9. The zero-order chi connectivity index (χ0) is 35.2. The molecule has 2 aromatic carbocycles.